The maximum atomic E-state index is 12.5. The number of carbonyl (C=O) groups excluding carboxylic acids is 2. The van der Waals surface area contributed by atoms with Crippen molar-refractivity contribution in [1.82, 2.24) is 9.97 Å². The van der Waals surface area contributed by atoms with Gasteiger partial charge in [0.1, 0.15) is 5.69 Å². The maximum absolute atomic E-state index is 12.5. The van der Waals surface area contributed by atoms with Crippen molar-refractivity contribution < 1.29 is 9.59 Å². The summed E-state index contributed by atoms with van der Waals surface area (Å²) in [4.78, 5) is 32.4. The van der Waals surface area contributed by atoms with E-state index in [2.05, 4.69) is 26.7 Å². The summed E-state index contributed by atoms with van der Waals surface area (Å²) in [6.45, 7) is 5.51. The Morgan fingerprint density at radius 1 is 0.926 bits per heavy atom. The normalized spacial score (nSPS) is 10.3. The molecule has 27 heavy (non-hydrogen) atoms. The molecule has 0 radical (unpaired) electrons. The number of hydrogen-bond acceptors (Lipinski definition) is 5. The highest BCUT2D eigenvalue weighted by Gasteiger charge is 2.11. The average Bonchev–Trinajstić information content (AvgIpc) is 2.61. The minimum atomic E-state index is -0.374. The van der Waals surface area contributed by atoms with E-state index in [0.29, 0.717) is 17.2 Å². The van der Waals surface area contributed by atoms with Crippen LogP contribution in [-0.2, 0) is 0 Å². The van der Waals surface area contributed by atoms with Gasteiger partial charge < -0.3 is 10.6 Å². The van der Waals surface area contributed by atoms with Gasteiger partial charge in [0.05, 0.1) is 0 Å². The molecule has 0 aliphatic rings. The predicted octanol–water partition coefficient (Wildman–Crippen LogP) is 4.29. The molecule has 1 aromatic heterocycles. The summed E-state index contributed by atoms with van der Waals surface area (Å²) in [5.74, 6) is -0.0974. The molecular weight excluding hydrogens is 340 g/mol. The Morgan fingerprint density at radius 3 is 2.37 bits per heavy atom. The molecule has 1 heterocycles. The second-order valence-corrected chi connectivity index (χ2v) is 6.36. The number of ketones is 1. The van der Waals surface area contributed by atoms with Crippen LogP contribution >= 0.6 is 0 Å². The number of hydrogen-bond donors (Lipinski definition) is 2. The minimum absolute atomic E-state index is 0.0620. The highest BCUT2D eigenvalue weighted by Crippen LogP contribution is 2.18. The molecular formula is C21H20N4O2. The first-order chi connectivity index (χ1) is 12.9. The molecule has 1 amide bonds. The van der Waals surface area contributed by atoms with Gasteiger partial charge in [-0.3, -0.25) is 9.59 Å². The van der Waals surface area contributed by atoms with Gasteiger partial charge in [0.15, 0.2) is 5.78 Å². The first-order valence-corrected chi connectivity index (χ1v) is 8.51. The Labute approximate surface area is 157 Å². The third-order valence-electron chi connectivity index (χ3n) is 3.89. The molecule has 0 fully saturated rings. The van der Waals surface area contributed by atoms with Crippen LogP contribution in [0.2, 0.25) is 0 Å². The average molecular weight is 360 g/mol. The molecule has 0 aliphatic heterocycles. The first-order valence-electron chi connectivity index (χ1n) is 8.51. The minimum Gasteiger partial charge on any atom is -0.324 e. The quantitative estimate of drug-likeness (QED) is 0.663. The summed E-state index contributed by atoms with van der Waals surface area (Å²) < 4.78 is 0. The number of benzene rings is 2. The van der Waals surface area contributed by atoms with Crippen LogP contribution in [0.4, 0.5) is 17.3 Å². The van der Waals surface area contributed by atoms with Crippen LogP contribution in [0.15, 0.2) is 54.7 Å². The molecule has 2 N–H and O–H groups in total. The molecule has 0 saturated heterocycles. The van der Waals surface area contributed by atoms with Gasteiger partial charge in [-0.25, -0.2) is 9.97 Å². The maximum Gasteiger partial charge on any atom is 0.274 e. The fourth-order valence-corrected chi connectivity index (χ4v) is 2.73. The second kappa shape index (κ2) is 7.78. The van der Waals surface area contributed by atoms with E-state index < -0.39 is 0 Å². The molecule has 0 aliphatic carbocycles. The number of Topliss-reactive ketones (excluding diaryl/α,β-unsaturated/α-hetero) is 1. The number of aryl methyl sites for hydroxylation is 2. The molecule has 0 bridgehead atoms. The number of amides is 1. The van der Waals surface area contributed by atoms with Crippen molar-refractivity contribution in [1.29, 1.82) is 0 Å². The zero-order valence-corrected chi connectivity index (χ0v) is 15.4. The van der Waals surface area contributed by atoms with Crippen LogP contribution in [-0.4, -0.2) is 21.7 Å². The van der Waals surface area contributed by atoms with Crippen molar-refractivity contribution in [3.05, 3.63) is 77.1 Å². The SMILES string of the molecule is CC(=O)c1cccc(NC(=O)c2ccnc(Nc3cc(C)cc(C)c3)n2)c1. The van der Waals surface area contributed by atoms with E-state index >= 15 is 0 Å². The van der Waals surface area contributed by atoms with E-state index in [-0.39, 0.29) is 17.4 Å². The Balaban J connectivity index is 1.77. The second-order valence-electron chi connectivity index (χ2n) is 6.36. The lowest BCUT2D eigenvalue weighted by Crippen LogP contribution is -2.15. The first kappa shape index (κ1) is 18.3. The third-order valence-corrected chi connectivity index (χ3v) is 3.89. The van der Waals surface area contributed by atoms with Gasteiger partial charge in [0.25, 0.3) is 5.91 Å². The Kier molecular flexibility index (Phi) is 5.26. The van der Waals surface area contributed by atoms with E-state index in [4.69, 9.17) is 0 Å². The summed E-state index contributed by atoms with van der Waals surface area (Å²) in [6, 6.07) is 14.4. The van der Waals surface area contributed by atoms with Crippen LogP contribution in [0, 0.1) is 13.8 Å². The molecule has 136 valence electrons. The highest BCUT2D eigenvalue weighted by molar-refractivity contribution is 6.04. The Hall–Kier alpha value is -3.54. The number of nitrogens with one attached hydrogen (secondary N) is 2. The summed E-state index contributed by atoms with van der Waals surface area (Å²) in [5.41, 5.74) is 4.40. The highest BCUT2D eigenvalue weighted by atomic mass is 16.2. The zero-order chi connectivity index (χ0) is 19.4. The van der Waals surface area contributed by atoms with Crippen molar-refractivity contribution >= 4 is 29.0 Å². The smallest absolute Gasteiger partial charge is 0.274 e. The van der Waals surface area contributed by atoms with Gasteiger partial charge in [-0.2, -0.15) is 0 Å². The molecule has 0 unspecified atom stereocenters. The number of nitrogens with zero attached hydrogens (tertiary/aromatic N) is 2. The largest absolute Gasteiger partial charge is 0.324 e. The fraction of sp³-hybridized carbons (Fsp3) is 0.143. The molecule has 3 rings (SSSR count). The standard InChI is InChI=1S/C21H20N4O2/c1-13-9-14(2)11-18(10-13)24-21-22-8-7-19(25-21)20(27)23-17-6-4-5-16(12-17)15(3)26/h4-12H,1-3H3,(H,23,27)(H,22,24,25). The Morgan fingerprint density at radius 2 is 1.67 bits per heavy atom. The fourth-order valence-electron chi connectivity index (χ4n) is 2.73. The molecule has 6 nitrogen and oxygen atoms in total. The van der Waals surface area contributed by atoms with E-state index in [9.17, 15) is 9.59 Å². The molecule has 0 spiro atoms. The third kappa shape index (κ3) is 4.76. The number of carbonyl (C=O) groups is 2. The molecule has 3 aromatic rings. The van der Waals surface area contributed by atoms with Crippen LogP contribution < -0.4 is 10.6 Å². The van der Waals surface area contributed by atoms with E-state index in [1.807, 2.05) is 26.0 Å². The summed E-state index contributed by atoms with van der Waals surface area (Å²) in [7, 11) is 0. The molecule has 6 heteroatoms. The van der Waals surface area contributed by atoms with Crippen LogP contribution in [0.3, 0.4) is 0 Å². The van der Waals surface area contributed by atoms with Crippen molar-refractivity contribution in [2.75, 3.05) is 10.6 Å². The van der Waals surface area contributed by atoms with Crippen molar-refractivity contribution in [3.63, 3.8) is 0 Å². The summed E-state index contributed by atoms with van der Waals surface area (Å²) in [5, 5.41) is 5.88. The van der Waals surface area contributed by atoms with Crippen LogP contribution in [0.25, 0.3) is 0 Å². The van der Waals surface area contributed by atoms with Gasteiger partial charge in [-0.05, 0) is 62.2 Å². The lowest BCUT2D eigenvalue weighted by atomic mass is 10.1. The van der Waals surface area contributed by atoms with Gasteiger partial charge in [-0.1, -0.05) is 18.2 Å². The van der Waals surface area contributed by atoms with E-state index in [1.54, 1.807) is 24.3 Å². The van der Waals surface area contributed by atoms with Crippen molar-refractivity contribution in [2.45, 2.75) is 20.8 Å². The zero-order valence-electron chi connectivity index (χ0n) is 15.4. The van der Waals surface area contributed by atoms with Gasteiger partial charge >= 0.3 is 0 Å². The van der Waals surface area contributed by atoms with Gasteiger partial charge in [-0.15, -0.1) is 0 Å². The lowest BCUT2D eigenvalue weighted by Gasteiger charge is -2.09. The van der Waals surface area contributed by atoms with E-state index in [1.165, 1.54) is 19.2 Å². The molecule has 0 atom stereocenters. The lowest BCUT2D eigenvalue weighted by molar-refractivity contribution is 0.100. The monoisotopic (exact) mass is 360 g/mol. The van der Waals surface area contributed by atoms with Crippen LogP contribution in [0.5, 0.6) is 0 Å². The van der Waals surface area contributed by atoms with Crippen molar-refractivity contribution in [2.24, 2.45) is 0 Å². The topological polar surface area (TPSA) is 84.0 Å². The Bertz CT molecular complexity index is 994. The number of rotatable bonds is 5. The molecule has 0 saturated carbocycles. The predicted molar refractivity (Wildman–Crippen MR) is 106 cm³/mol. The van der Waals surface area contributed by atoms with Crippen molar-refractivity contribution in [3.8, 4) is 0 Å². The number of anilines is 3. The molecule has 2 aromatic carbocycles. The van der Waals surface area contributed by atoms with Gasteiger partial charge in [0, 0.05) is 23.1 Å². The number of aromatic nitrogens is 2. The van der Waals surface area contributed by atoms with Gasteiger partial charge in [0.2, 0.25) is 5.95 Å². The summed E-state index contributed by atoms with van der Waals surface area (Å²) >= 11 is 0. The van der Waals surface area contributed by atoms with E-state index in [0.717, 1.165) is 16.8 Å². The van der Waals surface area contributed by atoms with Crippen LogP contribution in [0.1, 0.15) is 38.9 Å². The summed E-state index contributed by atoms with van der Waals surface area (Å²) in [6.07, 6.45) is 1.53.